The zero-order chi connectivity index (χ0) is 18.1. The predicted octanol–water partition coefficient (Wildman–Crippen LogP) is 3.39. The van der Waals surface area contributed by atoms with E-state index in [9.17, 15) is 13.6 Å². The Morgan fingerprint density at radius 2 is 2.08 bits per heavy atom. The number of rotatable bonds is 5. The highest BCUT2D eigenvalue weighted by Crippen LogP contribution is 2.33. The second-order valence-electron chi connectivity index (χ2n) is 6.50. The van der Waals surface area contributed by atoms with Crippen LogP contribution in [0.3, 0.4) is 0 Å². The number of hydrogen-bond acceptors (Lipinski definition) is 4. The molecule has 136 valence electrons. The quantitative estimate of drug-likeness (QED) is 0.893. The predicted molar refractivity (Wildman–Crippen MR) is 90.1 cm³/mol. The Kier molecular flexibility index (Phi) is 4.87. The molecular weight excluding hydrogens is 330 g/mol. The van der Waals surface area contributed by atoms with Crippen molar-refractivity contribution in [3.05, 3.63) is 17.3 Å². The van der Waals surface area contributed by atoms with Crippen LogP contribution >= 0.6 is 0 Å². The van der Waals surface area contributed by atoms with Gasteiger partial charge < -0.3 is 10.0 Å². The molecule has 0 spiro atoms. The lowest BCUT2D eigenvalue weighted by molar-refractivity contribution is -0.138. The number of halogens is 2. The SMILES string of the molecule is CCn1nc2nc(N3CCC(CC(=O)O)CC3)cc(C(F)F)c2c1C. The Bertz CT molecular complexity index is 783. The van der Waals surface area contributed by atoms with Crippen molar-refractivity contribution >= 4 is 22.8 Å². The Morgan fingerprint density at radius 1 is 1.40 bits per heavy atom. The van der Waals surface area contributed by atoms with Crippen molar-refractivity contribution in [3.63, 3.8) is 0 Å². The van der Waals surface area contributed by atoms with E-state index in [0.717, 1.165) is 12.8 Å². The molecule has 6 nitrogen and oxygen atoms in total. The first kappa shape index (κ1) is 17.6. The number of carbonyl (C=O) groups is 1. The molecule has 0 aliphatic carbocycles. The molecule has 1 fully saturated rings. The maximum atomic E-state index is 13.6. The van der Waals surface area contributed by atoms with Crippen molar-refractivity contribution in [1.82, 2.24) is 14.8 Å². The maximum Gasteiger partial charge on any atom is 0.303 e. The van der Waals surface area contributed by atoms with E-state index in [1.54, 1.807) is 11.6 Å². The van der Waals surface area contributed by atoms with Crippen molar-refractivity contribution in [2.75, 3.05) is 18.0 Å². The number of piperidine rings is 1. The molecule has 0 atom stereocenters. The summed E-state index contributed by atoms with van der Waals surface area (Å²) in [7, 11) is 0. The normalized spacial score (nSPS) is 16.1. The number of hydrogen-bond donors (Lipinski definition) is 1. The van der Waals surface area contributed by atoms with E-state index < -0.39 is 12.4 Å². The van der Waals surface area contributed by atoms with E-state index in [2.05, 4.69) is 10.1 Å². The zero-order valence-electron chi connectivity index (χ0n) is 14.4. The van der Waals surface area contributed by atoms with Crippen LogP contribution < -0.4 is 4.90 Å². The van der Waals surface area contributed by atoms with E-state index in [1.165, 1.54) is 6.07 Å². The van der Waals surface area contributed by atoms with Gasteiger partial charge in [-0.25, -0.2) is 13.8 Å². The smallest absolute Gasteiger partial charge is 0.303 e. The maximum absolute atomic E-state index is 13.6. The Morgan fingerprint density at radius 3 is 2.64 bits per heavy atom. The van der Waals surface area contributed by atoms with Crippen LogP contribution in [0.15, 0.2) is 6.07 Å². The van der Waals surface area contributed by atoms with Crippen LogP contribution in [0.2, 0.25) is 0 Å². The number of carboxylic acids is 1. The van der Waals surface area contributed by atoms with Gasteiger partial charge in [-0.15, -0.1) is 0 Å². The van der Waals surface area contributed by atoms with Gasteiger partial charge in [0.15, 0.2) is 5.65 Å². The molecule has 1 aliphatic rings. The third-order valence-corrected chi connectivity index (χ3v) is 4.92. The summed E-state index contributed by atoms with van der Waals surface area (Å²) in [6.45, 7) is 5.53. The third-order valence-electron chi connectivity index (χ3n) is 4.92. The van der Waals surface area contributed by atoms with Gasteiger partial charge in [0.25, 0.3) is 6.43 Å². The molecular formula is C17H22F2N4O2. The summed E-state index contributed by atoms with van der Waals surface area (Å²) < 4.78 is 28.9. The minimum atomic E-state index is -2.60. The van der Waals surface area contributed by atoms with E-state index in [-0.39, 0.29) is 17.9 Å². The molecule has 0 amide bonds. The average Bonchev–Trinajstić information content (AvgIpc) is 2.90. The van der Waals surface area contributed by atoms with Crippen molar-refractivity contribution in [1.29, 1.82) is 0 Å². The lowest BCUT2D eigenvalue weighted by atomic mass is 9.93. The number of anilines is 1. The van der Waals surface area contributed by atoms with E-state index >= 15 is 0 Å². The minimum absolute atomic E-state index is 0.0372. The first-order valence-corrected chi connectivity index (χ1v) is 8.53. The largest absolute Gasteiger partial charge is 0.481 e. The fourth-order valence-electron chi connectivity index (χ4n) is 3.55. The molecule has 0 unspecified atom stereocenters. The molecule has 0 saturated carbocycles. The van der Waals surface area contributed by atoms with Crippen molar-refractivity contribution in [2.24, 2.45) is 5.92 Å². The van der Waals surface area contributed by atoms with Crippen molar-refractivity contribution < 1.29 is 18.7 Å². The molecule has 0 bridgehead atoms. The van der Waals surface area contributed by atoms with Crippen LogP contribution in [0.25, 0.3) is 11.0 Å². The van der Waals surface area contributed by atoms with Crippen LogP contribution in [0.4, 0.5) is 14.6 Å². The summed E-state index contributed by atoms with van der Waals surface area (Å²) in [6.07, 6.45) is -0.999. The summed E-state index contributed by atoms with van der Waals surface area (Å²) in [5.74, 6) is -0.163. The summed E-state index contributed by atoms with van der Waals surface area (Å²) in [5, 5.41) is 13.7. The number of aryl methyl sites for hydroxylation is 2. The lowest BCUT2D eigenvalue weighted by Crippen LogP contribution is -2.35. The molecule has 2 aromatic rings. The Balaban J connectivity index is 1.91. The molecule has 25 heavy (non-hydrogen) atoms. The molecule has 1 N–H and O–H groups in total. The minimum Gasteiger partial charge on any atom is -0.481 e. The van der Waals surface area contributed by atoms with Gasteiger partial charge in [-0.2, -0.15) is 5.10 Å². The lowest BCUT2D eigenvalue weighted by Gasteiger charge is -2.32. The fourth-order valence-corrected chi connectivity index (χ4v) is 3.55. The Labute approximate surface area is 144 Å². The summed E-state index contributed by atoms with van der Waals surface area (Å²) in [6, 6.07) is 1.46. The number of aliphatic carboxylic acids is 1. The summed E-state index contributed by atoms with van der Waals surface area (Å²) in [4.78, 5) is 17.3. The highest BCUT2D eigenvalue weighted by atomic mass is 19.3. The van der Waals surface area contributed by atoms with Gasteiger partial charge in [-0.1, -0.05) is 0 Å². The molecule has 8 heteroatoms. The van der Waals surface area contributed by atoms with Gasteiger partial charge in [-0.3, -0.25) is 9.48 Å². The topological polar surface area (TPSA) is 71.2 Å². The third kappa shape index (κ3) is 3.43. The van der Waals surface area contributed by atoms with Gasteiger partial charge in [0, 0.05) is 37.3 Å². The number of pyridine rings is 1. The van der Waals surface area contributed by atoms with Gasteiger partial charge >= 0.3 is 5.97 Å². The van der Waals surface area contributed by atoms with E-state index in [0.29, 0.717) is 42.2 Å². The van der Waals surface area contributed by atoms with Gasteiger partial charge in [0.05, 0.1) is 5.39 Å². The van der Waals surface area contributed by atoms with E-state index in [4.69, 9.17) is 5.11 Å². The second kappa shape index (κ2) is 6.93. The number of fused-ring (bicyclic) bond motifs is 1. The molecule has 0 radical (unpaired) electrons. The number of nitrogens with zero attached hydrogens (tertiary/aromatic N) is 4. The monoisotopic (exact) mass is 352 g/mol. The summed E-state index contributed by atoms with van der Waals surface area (Å²) in [5.41, 5.74) is 1.01. The standard InChI is InChI=1S/C17H22F2N4O2/c1-3-23-10(2)15-12(16(18)19)9-13(20-17(15)21-23)22-6-4-11(5-7-22)8-14(24)25/h9,11,16H,3-8H2,1-2H3,(H,24,25). The highest BCUT2D eigenvalue weighted by Gasteiger charge is 2.25. The molecule has 3 heterocycles. The Hall–Kier alpha value is -2.25. The molecule has 2 aromatic heterocycles. The van der Waals surface area contributed by atoms with Crippen LogP contribution in [0.1, 0.15) is 43.9 Å². The van der Waals surface area contributed by atoms with Crippen LogP contribution in [-0.4, -0.2) is 38.9 Å². The van der Waals surface area contributed by atoms with E-state index in [1.807, 2.05) is 11.8 Å². The molecule has 3 rings (SSSR count). The van der Waals surface area contributed by atoms with Gasteiger partial charge in [0.1, 0.15) is 5.82 Å². The number of aromatic nitrogens is 3. The van der Waals surface area contributed by atoms with Gasteiger partial charge in [0.2, 0.25) is 0 Å². The van der Waals surface area contributed by atoms with Crippen molar-refractivity contribution in [2.45, 2.75) is 46.1 Å². The second-order valence-corrected chi connectivity index (χ2v) is 6.50. The average molecular weight is 352 g/mol. The first-order chi connectivity index (χ1) is 11.9. The van der Waals surface area contributed by atoms with Crippen LogP contribution in [0, 0.1) is 12.8 Å². The molecule has 1 saturated heterocycles. The highest BCUT2D eigenvalue weighted by molar-refractivity contribution is 5.84. The van der Waals surface area contributed by atoms with Crippen LogP contribution in [-0.2, 0) is 11.3 Å². The number of alkyl halides is 2. The van der Waals surface area contributed by atoms with Crippen LogP contribution in [0.5, 0.6) is 0 Å². The summed E-state index contributed by atoms with van der Waals surface area (Å²) >= 11 is 0. The zero-order valence-corrected chi connectivity index (χ0v) is 14.4. The van der Waals surface area contributed by atoms with Gasteiger partial charge in [-0.05, 0) is 38.7 Å². The molecule has 1 aliphatic heterocycles. The molecule has 0 aromatic carbocycles. The number of carboxylic acid groups (broad SMARTS) is 1. The van der Waals surface area contributed by atoms with Crippen molar-refractivity contribution in [3.8, 4) is 0 Å². The fraction of sp³-hybridized carbons (Fsp3) is 0.588. The first-order valence-electron chi connectivity index (χ1n) is 8.53.